The number of hydrogen-bond acceptors (Lipinski definition) is 2. The molecule has 0 spiro atoms. The molecule has 1 rings (SSSR count). The van der Waals surface area contributed by atoms with Crippen molar-refractivity contribution < 1.29 is 0 Å². The van der Waals surface area contributed by atoms with Gasteiger partial charge in [-0.2, -0.15) is 0 Å². The van der Waals surface area contributed by atoms with Crippen molar-refractivity contribution in [3.63, 3.8) is 0 Å². The molecule has 14 heavy (non-hydrogen) atoms. The summed E-state index contributed by atoms with van der Waals surface area (Å²) in [6.07, 6.45) is 7.95. The highest BCUT2D eigenvalue weighted by Crippen LogP contribution is 2.16. The van der Waals surface area contributed by atoms with Crippen molar-refractivity contribution in [3.05, 3.63) is 0 Å². The van der Waals surface area contributed by atoms with Crippen LogP contribution in [0.4, 0.5) is 0 Å². The molecule has 0 aromatic heterocycles. The average molecular weight is 198 g/mol. The summed E-state index contributed by atoms with van der Waals surface area (Å²) in [4.78, 5) is 2.57. The number of hydrogen-bond donors (Lipinski definition) is 1. The molecule has 1 fully saturated rings. The van der Waals surface area contributed by atoms with E-state index in [9.17, 15) is 0 Å². The van der Waals surface area contributed by atoms with Gasteiger partial charge < -0.3 is 5.73 Å². The van der Waals surface area contributed by atoms with E-state index in [1.165, 1.54) is 45.1 Å². The highest BCUT2D eigenvalue weighted by atomic mass is 15.2. The molecule has 1 aliphatic rings. The monoisotopic (exact) mass is 198 g/mol. The van der Waals surface area contributed by atoms with Crippen molar-refractivity contribution in [1.82, 2.24) is 4.90 Å². The highest BCUT2D eigenvalue weighted by molar-refractivity contribution is 4.80. The van der Waals surface area contributed by atoms with Gasteiger partial charge in [0.25, 0.3) is 0 Å². The number of nitrogens with zero attached hydrogens (tertiary/aromatic N) is 1. The molecule has 1 aliphatic heterocycles. The third-order valence-corrected chi connectivity index (χ3v) is 3.35. The quantitative estimate of drug-likeness (QED) is 0.687. The zero-order chi connectivity index (χ0) is 10.4. The van der Waals surface area contributed by atoms with Gasteiger partial charge in [0, 0.05) is 18.6 Å². The van der Waals surface area contributed by atoms with Crippen molar-refractivity contribution >= 4 is 0 Å². The van der Waals surface area contributed by atoms with Gasteiger partial charge in [-0.15, -0.1) is 0 Å². The number of nitrogens with two attached hydrogens (primary N) is 1. The molecule has 0 amide bonds. The second kappa shape index (κ2) is 6.41. The molecule has 0 saturated carbocycles. The third-order valence-electron chi connectivity index (χ3n) is 3.35. The van der Waals surface area contributed by atoms with Gasteiger partial charge in [0.15, 0.2) is 0 Å². The smallest absolute Gasteiger partial charge is 0.0168 e. The van der Waals surface area contributed by atoms with E-state index in [1.807, 2.05) is 0 Å². The first kappa shape index (κ1) is 12.0. The Bertz CT molecular complexity index is 147. The Labute approximate surface area is 88.8 Å². The van der Waals surface area contributed by atoms with Crippen molar-refractivity contribution in [2.45, 2.75) is 64.5 Å². The molecule has 84 valence electrons. The molecule has 0 aliphatic carbocycles. The molecule has 0 bridgehead atoms. The summed E-state index contributed by atoms with van der Waals surface area (Å²) in [6, 6.07) is 1.19. The Morgan fingerprint density at radius 2 is 2.00 bits per heavy atom. The minimum absolute atomic E-state index is 0.428. The molecule has 1 saturated heterocycles. The van der Waals surface area contributed by atoms with Gasteiger partial charge in [-0.1, -0.05) is 26.2 Å². The first-order valence-corrected chi connectivity index (χ1v) is 6.23. The summed E-state index contributed by atoms with van der Waals surface area (Å²) in [6.45, 7) is 6.98. The van der Waals surface area contributed by atoms with Crippen LogP contribution in [-0.2, 0) is 0 Å². The van der Waals surface area contributed by atoms with Gasteiger partial charge in [0.2, 0.25) is 0 Å². The van der Waals surface area contributed by atoms with Gasteiger partial charge in [-0.25, -0.2) is 0 Å². The fourth-order valence-electron chi connectivity index (χ4n) is 2.26. The zero-order valence-corrected chi connectivity index (χ0v) is 9.84. The Balaban J connectivity index is 2.14. The van der Waals surface area contributed by atoms with Crippen LogP contribution in [0.3, 0.4) is 0 Å². The lowest BCUT2D eigenvalue weighted by Gasteiger charge is -2.36. The Morgan fingerprint density at radius 1 is 1.21 bits per heavy atom. The maximum atomic E-state index is 5.98. The van der Waals surface area contributed by atoms with Gasteiger partial charge in [0.05, 0.1) is 0 Å². The zero-order valence-electron chi connectivity index (χ0n) is 9.84. The van der Waals surface area contributed by atoms with Crippen molar-refractivity contribution in [3.8, 4) is 0 Å². The van der Waals surface area contributed by atoms with Crippen molar-refractivity contribution in [2.24, 2.45) is 5.73 Å². The first-order chi connectivity index (χ1) is 6.74. The predicted molar refractivity (Wildman–Crippen MR) is 62.4 cm³/mol. The second-order valence-corrected chi connectivity index (χ2v) is 4.74. The molecule has 1 heterocycles. The van der Waals surface area contributed by atoms with E-state index >= 15 is 0 Å². The normalized spacial score (nSPS) is 29.4. The summed E-state index contributed by atoms with van der Waals surface area (Å²) >= 11 is 0. The average Bonchev–Trinajstić information content (AvgIpc) is 2.18. The van der Waals surface area contributed by atoms with Crippen LogP contribution in [0.25, 0.3) is 0 Å². The van der Waals surface area contributed by atoms with Gasteiger partial charge in [-0.3, -0.25) is 4.90 Å². The highest BCUT2D eigenvalue weighted by Gasteiger charge is 2.22. The van der Waals surface area contributed by atoms with E-state index in [1.54, 1.807) is 0 Å². The SMILES string of the molecule is CCCCCCN1CC(N)CCC1C. The summed E-state index contributed by atoms with van der Waals surface area (Å²) in [5, 5.41) is 0. The Morgan fingerprint density at radius 3 is 2.71 bits per heavy atom. The minimum atomic E-state index is 0.428. The van der Waals surface area contributed by atoms with E-state index in [0.29, 0.717) is 6.04 Å². The summed E-state index contributed by atoms with van der Waals surface area (Å²) in [7, 11) is 0. The summed E-state index contributed by atoms with van der Waals surface area (Å²) in [5.41, 5.74) is 5.98. The lowest BCUT2D eigenvalue weighted by Crippen LogP contribution is -2.47. The van der Waals surface area contributed by atoms with Gasteiger partial charge in [-0.05, 0) is 32.7 Å². The summed E-state index contributed by atoms with van der Waals surface area (Å²) < 4.78 is 0. The number of likely N-dealkylation sites (tertiary alicyclic amines) is 1. The molecular weight excluding hydrogens is 172 g/mol. The lowest BCUT2D eigenvalue weighted by atomic mass is 9.99. The number of unbranched alkanes of at least 4 members (excludes halogenated alkanes) is 3. The molecule has 2 N–H and O–H groups in total. The Kier molecular flexibility index (Phi) is 5.49. The fraction of sp³-hybridized carbons (Fsp3) is 1.00. The van der Waals surface area contributed by atoms with Gasteiger partial charge in [0.1, 0.15) is 0 Å². The fourth-order valence-corrected chi connectivity index (χ4v) is 2.26. The van der Waals surface area contributed by atoms with E-state index < -0.39 is 0 Å². The first-order valence-electron chi connectivity index (χ1n) is 6.23. The standard InChI is InChI=1S/C12H26N2/c1-3-4-5-6-9-14-10-12(13)8-7-11(14)2/h11-12H,3-10,13H2,1-2H3. The van der Waals surface area contributed by atoms with Crippen LogP contribution in [0.15, 0.2) is 0 Å². The maximum absolute atomic E-state index is 5.98. The van der Waals surface area contributed by atoms with Crippen LogP contribution < -0.4 is 5.73 Å². The Hall–Kier alpha value is -0.0800. The van der Waals surface area contributed by atoms with Crippen LogP contribution in [-0.4, -0.2) is 30.1 Å². The third kappa shape index (κ3) is 3.97. The largest absolute Gasteiger partial charge is 0.327 e. The molecule has 2 atom stereocenters. The topological polar surface area (TPSA) is 29.3 Å². The van der Waals surface area contributed by atoms with Crippen LogP contribution in [0.2, 0.25) is 0 Å². The van der Waals surface area contributed by atoms with E-state index in [2.05, 4.69) is 18.7 Å². The van der Waals surface area contributed by atoms with Crippen LogP contribution in [0.1, 0.15) is 52.4 Å². The predicted octanol–water partition coefficient (Wildman–Crippen LogP) is 2.38. The molecule has 2 unspecified atom stereocenters. The molecule has 0 aromatic rings. The maximum Gasteiger partial charge on any atom is 0.0168 e. The molecule has 2 heteroatoms. The van der Waals surface area contributed by atoms with Crippen LogP contribution in [0, 0.1) is 0 Å². The number of rotatable bonds is 5. The summed E-state index contributed by atoms with van der Waals surface area (Å²) in [5.74, 6) is 0. The van der Waals surface area contributed by atoms with Gasteiger partial charge >= 0.3 is 0 Å². The lowest BCUT2D eigenvalue weighted by molar-refractivity contribution is 0.143. The van der Waals surface area contributed by atoms with E-state index in [-0.39, 0.29) is 0 Å². The van der Waals surface area contributed by atoms with E-state index in [0.717, 1.165) is 12.6 Å². The van der Waals surface area contributed by atoms with E-state index in [4.69, 9.17) is 5.73 Å². The molecule has 0 radical (unpaired) electrons. The van der Waals surface area contributed by atoms with Crippen molar-refractivity contribution in [2.75, 3.05) is 13.1 Å². The van der Waals surface area contributed by atoms with Crippen LogP contribution in [0.5, 0.6) is 0 Å². The molecule has 2 nitrogen and oxygen atoms in total. The molecule has 0 aromatic carbocycles. The van der Waals surface area contributed by atoms with Crippen LogP contribution >= 0.6 is 0 Å². The second-order valence-electron chi connectivity index (χ2n) is 4.74. The molecular formula is C12H26N2. The number of piperidine rings is 1. The van der Waals surface area contributed by atoms with Crippen molar-refractivity contribution in [1.29, 1.82) is 0 Å². The minimum Gasteiger partial charge on any atom is -0.327 e.